The Balaban J connectivity index is 1.13. The van der Waals surface area contributed by atoms with E-state index in [1.54, 1.807) is 0 Å². The van der Waals surface area contributed by atoms with Gasteiger partial charge in [0.05, 0.1) is 25.1 Å². The second-order valence-corrected chi connectivity index (χ2v) is 9.90. The molecule has 0 atom stereocenters. The lowest BCUT2D eigenvalue weighted by Gasteiger charge is -2.47. The molecule has 35 heavy (non-hydrogen) atoms. The van der Waals surface area contributed by atoms with Crippen LogP contribution in [0, 0.1) is 0 Å². The number of likely N-dealkylation sites (tertiary alicyclic amines) is 2. The maximum Gasteiger partial charge on any atom is 0.286 e. The first-order valence-electron chi connectivity index (χ1n) is 12.7. The number of piperidine rings is 1. The van der Waals surface area contributed by atoms with Crippen molar-refractivity contribution in [1.29, 1.82) is 0 Å². The van der Waals surface area contributed by atoms with Crippen LogP contribution in [-0.2, 0) is 16.1 Å². The fraction of sp³-hybridized carbons (Fsp3) is 0.481. The van der Waals surface area contributed by atoms with E-state index in [4.69, 9.17) is 9.47 Å². The number of aromatic nitrogens is 1. The van der Waals surface area contributed by atoms with Crippen LogP contribution in [0.4, 0.5) is 17.2 Å². The monoisotopic (exact) mass is 476 g/mol. The van der Waals surface area contributed by atoms with Crippen molar-refractivity contribution in [2.45, 2.75) is 31.4 Å². The highest BCUT2D eigenvalue weighted by Gasteiger charge is 2.36. The Bertz CT molecular complexity index is 1100. The molecule has 3 saturated heterocycles. The molecule has 5 heterocycles. The van der Waals surface area contributed by atoms with Crippen LogP contribution < -0.4 is 19.9 Å². The Morgan fingerprint density at radius 1 is 1.11 bits per heavy atom. The molecule has 0 unspecified atom stereocenters. The van der Waals surface area contributed by atoms with Crippen LogP contribution in [0.2, 0.25) is 0 Å². The number of rotatable bonds is 4. The summed E-state index contributed by atoms with van der Waals surface area (Å²) >= 11 is 0. The molecule has 0 saturated carbocycles. The summed E-state index contributed by atoms with van der Waals surface area (Å²) in [5.41, 5.74) is 4.75. The molecular weight excluding hydrogens is 442 g/mol. The number of pyridine rings is 1. The molecular formula is C27H34N5O3+. The molecule has 8 heteroatoms. The molecule has 0 spiro atoms. The normalized spacial score (nSPS) is 21.1. The summed E-state index contributed by atoms with van der Waals surface area (Å²) in [5, 5.41) is 3.63. The van der Waals surface area contributed by atoms with E-state index in [1.165, 1.54) is 17.3 Å². The third kappa shape index (κ3) is 4.36. The number of fused-ring (bicyclic) bond motifs is 2. The van der Waals surface area contributed by atoms with Gasteiger partial charge >= 0.3 is 0 Å². The average molecular weight is 477 g/mol. The van der Waals surface area contributed by atoms with E-state index in [2.05, 4.69) is 50.9 Å². The highest BCUT2D eigenvalue weighted by molar-refractivity contribution is 5.87. The molecule has 1 aromatic heterocycles. The van der Waals surface area contributed by atoms with E-state index in [0.29, 0.717) is 18.6 Å². The summed E-state index contributed by atoms with van der Waals surface area (Å²) in [4.78, 5) is 22.0. The van der Waals surface area contributed by atoms with Gasteiger partial charge in [-0.05, 0) is 55.6 Å². The van der Waals surface area contributed by atoms with E-state index >= 15 is 0 Å². The molecule has 0 radical (unpaired) electrons. The minimum absolute atomic E-state index is 0.0479. The first-order chi connectivity index (χ1) is 17.2. The highest BCUT2D eigenvalue weighted by Crippen LogP contribution is 2.39. The number of carbonyl (C=O) groups excluding carboxylic acids is 1. The van der Waals surface area contributed by atoms with Gasteiger partial charge in [-0.15, -0.1) is 0 Å². The maximum atomic E-state index is 11.7. The van der Waals surface area contributed by atoms with Crippen molar-refractivity contribution in [1.82, 2.24) is 9.80 Å². The Kier molecular flexibility index (Phi) is 6.08. The van der Waals surface area contributed by atoms with Crippen LogP contribution in [0.5, 0.6) is 5.75 Å². The number of aromatic amines is 1. The fourth-order valence-electron chi connectivity index (χ4n) is 5.78. The van der Waals surface area contributed by atoms with Gasteiger partial charge in [0.25, 0.3) is 5.82 Å². The van der Waals surface area contributed by atoms with Gasteiger partial charge in [-0.2, -0.15) is 0 Å². The van der Waals surface area contributed by atoms with Crippen LogP contribution in [0.25, 0.3) is 0 Å². The van der Waals surface area contributed by atoms with E-state index in [0.717, 1.165) is 88.1 Å². The summed E-state index contributed by atoms with van der Waals surface area (Å²) in [6.07, 6.45) is 5.69. The zero-order valence-electron chi connectivity index (χ0n) is 20.2. The van der Waals surface area contributed by atoms with Crippen molar-refractivity contribution >= 4 is 23.1 Å². The van der Waals surface area contributed by atoms with Crippen LogP contribution in [0.15, 0.2) is 43.1 Å². The topological polar surface area (TPSA) is 71.4 Å². The minimum Gasteiger partial charge on any atom is -0.484 e. The first-order valence-corrected chi connectivity index (χ1v) is 12.7. The number of H-pyrrole nitrogens is 1. The Labute approximate surface area is 206 Å². The number of ether oxygens (including phenoxy) is 2. The summed E-state index contributed by atoms with van der Waals surface area (Å²) in [7, 11) is 0. The molecule has 8 nitrogen and oxygen atoms in total. The average Bonchev–Trinajstić information content (AvgIpc) is 3.07. The van der Waals surface area contributed by atoms with Crippen molar-refractivity contribution < 1.29 is 19.3 Å². The SMILES string of the molecule is C=CC(=O)N1CC(N2CCC(c3ccc4c(c3)Nc3[nH+]ccc(N5CCOCC5)c3CO4)CC2)C1. The van der Waals surface area contributed by atoms with Gasteiger partial charge in [0.2, 0.25) is 5.91 Å². The summed E-state index contributed by atoms with van der Waals surface area (Å²) in [6.45, 7) is 11.3. The van der Waals surface area contributed by atoms with E-state index < -0.39 is 0 Å². The summed E-state index contributed by atoms with van der Waals surface area (Å²) in [6, 6.07) is 9.26. The lowest BCUT2D eigenvalue weighted by atomic mass is 9.88. The van der Waals surface area contributed by atoms with Crippen LogP contribution in [-0.4, -0.2) is 74.2 Å². The molecule has 2 aromatic rings. The predicted octanol–water partition coefficient (Wildman–Crippen LogP) is 2.55. The molecule has 2 N–H and O–H groups in total. The standard InChI is InChI=1S/C27H33N5O3/c1-2-26(33)32-16-21(17-32)30-9-6-19(7-10-30)20-3-4-25-23(15-20)29-27-22(18-35-25)24(5-8-28-27)31-11-13-34-14-12-31/h2-5,8,15,19,21H,1,6-7,9-14,16-18H2,(H,28,29)/p+1. The molecule has 4 aliphatic rings. The van der Waals surface area contributed by atoms with Gasteiger partial charge in [0.15, 0.2) is 11.4 Å². The van der Waals surface area contributed by atoms with Gasteiger partial charge in [0.1, 0.15) is 12.2 Å². The van der Waals surface area contributed by atoms with Gasteiger partial charge in [-0.3, -0.25) is 9.69 Å². The minimum atomic E-state index is 0.0479. The maximum absolute atomic E-state index is 11.7. The van der Waals surface area contributed by atoms with Gasteiger partial charge in [-0.25, -0.2) is 10.3 Å². The van der Waals surface area contributed by atoms with Crippen LogP contribution >= 0.6 is 0 Å². The number of anilines is 3. The lowest BCUT2D eigenvalue weighted by molar-refractivity contribution is -0.361. The third-order valence-corrected chi connectivity index (χ3v) is 7.93. The highest BCUT2D eigenvalue weighted by atomic mass is 16.5. The smallest absolute Gasteiger partial charge is 0.286 e. The van der Waals surface area contributed by atoms with Crippen LogP contribution in [0.3, 0.4) is 0 Å². The Hall–Kier alpha value is -3.10. The number of morpholine rings is 1. The molecule has 0 bridgehead atoms. The van der Waals surface area contributed by atoms with Gasteiger partial charge < -0.3 is 19.3 Å². The molecule has 184 valence electrons. The van der Waals surface area contributed by atoms with Crippen LogP contribution in [0.1, 0.15) is 29.9 Å². The Morgan fingerprint density at radius 3 is 2.69 bits per heavy atom. The number of benzene rings is 1. The van der Waals surface area contributed by atoms with Crippen molar-refractivity contribution in [3.63, 3.8) is 0 Å². The largest absolute Gasteiger partial charge is 0.484 e. The quantitative estimate of drug-likeness (QED) is 0.684. The van der Waals surface area contributed by atoms with Crippen molar-refractivity contribution in [2.24, 2.45) is 0 Å². The molecule has 0 aliphatic carbocycles. The second kappa shape index (κ2) is 9.51. The van der Waals surface area contributed by atoms with E-state index in [-0.39, 0.29) is 5.91 Å². The number of amides is 1. The third-order valence-electron chi connectivity index (χ3n) is 7.93. The lowest BCUT2D eigenvalue weighted by Crippen LogP contribution is -2.61. The van der Waals surface area contributed by atoms with Crippen molar-refractivity contribution in [2.75, 3.05) is 62.7 Å². The fourth-order valence-corrected chi connectivity index (χ4v) is 5.78. The van der Waals surface area contributed by atoms with Crippen molar-refractivity contribution in [3.8, 4) is 5.75 Å². The number of carbonyl (C=O) groups is 1. The predicted molar refractivity (Wildman–Crippen MR) is 134 cm³/mol. The van der Waals surface area contributed by atoms with E-state index in [1.807, 2.05) is 11.1 Å². The summed E-state index contributed by atoms with van der Waals surface area (Å²) in [5.74, 6) is 2.48. The number of nitrogens with one attached hydrogen (secondary N) is 2. The second-order valence-electron chi connectivity index (χ2n) is 9.90. The number of nitrogens with zero attached hydrogens (tertiary/aromatic N) is 3. The molecule has 6 rings (SSSR count). The number of hydrogen-bond acceptors (Lipinski definition) is 6. The molecule has 4 aliphatic heterocycles. The zero-order valence-corrected chi connectivity index (χ0v) is 20.2. The number of hydrogen-bond donors (Lipinski definition) is 1. The molecule has 1 amide bonds. The Morgan fingerprint density at radius 2 is 1.91 bits per heavy atom. The first kappa shape index (κ1) is 22.4. The molecule has 3 fully saturated rings. The van der Waals surface area contributed by atoms with Gasteiger partial charge in [-0.1, -0.05) is 12.6 Å². The van der Waals surface area contributed by atoms with E-state index in [9.17, 15) is 4.79 Å². The summed E-state index contributed by atoms with van der Waals surface area (Å²) < 4.78 is 11.8. The van der Waals surface area contributed by atoms with Crippen molar-refractivity contribution in [3.05, 3.63) is 54.2 Å². The van der Waals surface area contributed by atoms with Gasteiger partial charge in [0, 0.05) is 38.3 Å². The zero-order chi connectivity index (χ0) is 23.8. The molecule has 1 aromatic carbocycles.